The Morgan fingerprint density at radius 3 is 2.56 bits per heavy atom. The number of ether oxygens (including phenoxy) is 1. The number of nitrogens with zero attached hydrogens (tertiary/aromatic N) is 3. The molecule has 2 aromatic rings. The molecule has 11 heteroatoms. The fourth-order valence-electron chi connectivity index (χ4n) is 1.98. The van der Waals surface area contributed by atoms with Crippen molar-refractivity contribution in [2.45, 2.75) is 33.1 Å². The van der Waals surface area contributed by atoms with Crippen molar-refractivity contribution in [2.24, 2.45) is 4.99 Å². The molecule has 0 aliphatic rings. The van der Waals surface area contributed by atoms with E-state index in [0.29, 0.717) is 30.5 Å². The van der Waals surface area contributed by atoms with Crippen LogP contribution >= 0.6 is 24.0 Å². The highest BCUT2D eigenvalue weighted by Crippen LogP contribution is 2.17. The Hall–Kier alpha value is -2.05. The summed E-state index contributed by atoms with van der Waals surface area (Å²) in [6.45, 7) is 2.99. The van der Waals surface area contributed by atoms with Crippen molar-refractivity contribution in [2.75, 3.05) is 13.7 Å². The first-order valence-electron chi connectivity index (χ1n) is 7.78. The number of oxazole rings is 1. The van der Waals surface area contributed by atoms with Crippen LogP contribution in [-0.2, 0) is 13.1 Å². The predicted octanol–water partition coefficient (Wildman–Crippen LogP) is 3.11. The highest BCUT2D eigenvalue weighted by molar-refractivity contribution is 14.0. The third-order valence-corrected chi connectivity index (χ3v) is 3.35. The van der Waals surface area contributed by atoms with Crippen molar-refractivity contribution < 1.29 is 22.3 Å². The van der Waals surface area contributed by atoms with Crippen LogP contribution < -0.4 is 15.4 Å². The lowest BCUT2D eigenvalue weighted by atomic mass is 10.2. The van der Waals surface area contributed by atoms with Crippen LogP contribution in [0.25, 0.3) is 0 Å². The monoisotopic (exact) mass is 499 g/mol. The number of guanidine groups is 1. The van der Waals surface area contributed by atoms with E-state index in [2.05, 4.69) is 30.3 Å². The van der Waals surface area contributed by atoms with Gasteiger partial charge < -0.3 is 19.8 Å². The van der Waals surface area contributed by atoms with Crippen molar-refractivity contribution in [1.82, 2.24) is 20.6 Å². The minimum Gasteiger partial charge on any atom is -0.468 e. The normalized spacial score (nSPS) is 11.7. The van der Waals surface area contributed by atoms with Gasteiger partial charge in [0.05, 0.1) is 12.2 Å². The van der Waals surface area contributed by atoms with Crippen LogP contribution in [-0.4, -0.2) is 35.8 Å². The molecule has 0 fully saturated rings. The third-order valence-electron chi connectivity index (χ3n) is 3.35. The number of pyridine rings is 1. The summed E-state index contributed by atoms with van der Waals surface area (Å²) >= 11 is 0. The average molecular weight is 499 g/mol. The molecule has 0 atom stereocenters. The molecule has 27 heavy (non-hydrogen) atoms. The molecule has 0 bridgehead atoms. The Balaban J connectivity index is 0.00000364. The molecule has 0 amide bonds. The van der Waals surface area contributed by atoms with Gasteiger partial charge in [-0.25, -0.2) is 9.97 Å². The fraction of sp³-hybridized carbons (Fsp3) is 0.438. The molecule has 0 saturated heterocycles. The molecule has 0 radical (unpaired) electrons. The van der Waals surface area contributed by atoms with Gasteiger partial charge in [-0.3, -0.25) is 4.99 Å². The first kappa shape index (κ1) is 23.0. The summed E-state index contributed by atoms with van der Waals surface area (Å²) in [7, 11) is 1.60. The quantitative estimate of drug-likeness (QED) is 0.361. The van der Waals surface area contributed by atoms with Crippen LogP contribution in [0.4, 0.5) is 13.2 Å². The predicted molar refractivity (Wildman–Crippen MR) is 104 cm³/mol. The van der Waals surface area contributed by atoms with Gasteiger partial charge in [-0.15, -0.1) is 24.0 Å². The number of aromatic nitrogens is 2. The maximum atomic E-state index is 12.2. The van der Waals surface area contributed by atoms with Gasteiger partial charge in [0.15, 0.2) is 12.6 Å². The molecule has 2 N–H and O–H groups in total. The minimum absolute atomic E-state index is 0. The number of halogens is 4. The zero-order valence-electron chi connectivity index (χ0n) is 15.1. The van der Waals surface area contributed by atoms with Crippen LogP contribution in [0.15, 0.2) is 27.7 Å². The molecular weight excluding hydrogens is 478 g/mol. The SMILES string of the molecule is CN=C(NCc1ccnc(OCC(F)(F)F)c1)NCc1nc(C)c(C)o1.I. The number of hydrogen-bond acceptors (Lipinski definition) is 5. The van der Waals surface area contributed by atoms with E-state index in [1.165, 1.54) is 12.3 Å². The van der Waals surface area contributed by atoms with E-state index < -0.39 is 12.8 Å². The van der Waals surface area contributed by atoms with Gasteiger partial charge >= 0.3 is 6.18 Å². The van der Waals surface area contributed by atoms with Gasteiger partial charge in [0.2, 0.25) is 11.8 Å². The zero-order valence-corrected chi connectivity index (χ0v) is 17.4. The number of nitrogens with one attached hydrogen (secondary N) is 2. The Bertz CT molecular complexity index is 745. The lowest BCUT2D eigenvalue weighted by Crippen LogP contribution is -2.36. The van der Waals surface area contributed by atoms with Crippen molar-refractivity contribution in [3.05, 3.63) is 41.2 Å². The summed E-state index contributed by atoms with van der Waals surface area (Å²) in [4.78, 5) is 12.1. The van der Waals surface area contributed by atoms with Crippen molar-refractivity contribution >= 4 is 29.9 Å². The minimum atomic E-state index is -4.40. The molecule has 2 rings (SSSR count). The van der Waals surface area contributed by atoms with Crippen molar-refractivity contribution in [1.29, 1.82) is 0 Å². The molecule has 2 aromatic heterocycles. The van der Waals surface area contributed by atoms with E-state index in [0.717, 1.165) is 11.5 Å². The second kappa shape index (κ2) is 10.3. The van der Waals surface area contributed by atoms with Gasteiger partial charge in [-0.1, -0.05) is 0 Å². The first-order chi connectivity index (χ1) is 12.3. The lowest BCUT2D eigenvalue weighted by Gasteiger charge is -2.12. The molecule has 0 aliphatic heterocycles. The smallest absolute Gasteiger partial charge is 0.422 e. The Morgan fingerprint density at radius 1 is 1.26 bits per heavy atom. The van der Waals surface area contributed by atoms with E-state index in [1.807, 2.05) is 13.8 Å². The maximum absolute atomic E-state index is 12.2. The average Bonchev–Trinajstić information content (AvgIpc) is 2.91. The molecule has 7 nitrogen and oxygen atoms in total. The molecule has 150 valence electrons. The Kier molecular flexibility index (Phi) is 8.79. The molecule has 0 aliphatic carbocycles. The number of hydrogen-bond donors (Lipinski definition) is 2. The third kappa shape index (κ3) is 8.01. The summed E-state index contributed by atoms with van der Waals surface area (Å²) in [6.07, 6.45) is -3.02. The van der Waals surface area contributed by atoms with E-state index in [9.17, 15) is 13.2 Å². The van der Waals surface area contributed by atoms with Gasteiger partial charge in [0.25, 0.3) is 0 Å². The van der Waals surface area contributed by atoms with Gasteiger partial charge in [-0.2, -0.15) is 13.2 Å². The topological polar surface area (TPSA) is 84.6 Å². The fourth-order valence-corrected chi connectivity index (χ4v) is 1.98. The largest absolute Gasteiger partial charge is 0.468 e. The van der Waals surface area contributed by atoms with Crippen molar-refractivity contribution in [3.63, 3.8) is 0 Å². The Morgan fingerprint density at radius 2 is 1.96 bits per heavy atom. The number of alkyl halides is 3. The molecule has 0 spiro atoms. The van der Waals surface area contributed by atoms with Crippen LogP contribution in [0.5, 0.6) is 5.88 Å². The van der Waals surface area contributed by atoms with Crippen LogP contribution in [0.3, 0.4) is 0 Å². The number of rotatable bonds is 6. The van der Waals surface area contributed by atoms with Crippen molar-refractivity contribution in [3.8, 4) is 5.88 Å². The summed E-state index contributed by atoms with van der Waals surface area (Å²) in [5.41, 5.74) is 1.52. The van der Waals surface area contributed by atoms with E-state index in [1.54, 1.807) is 13.1 Å². The lowest BCUT2D eigenvalue weighted by molar-refractivity contribution is -0.154. The summed E-state index contributed by atoms with van der Waals surface area (Å²) in [5.74, 6) is 1.70. The summed E-state index contributed by atoms with van der Waals surface area (Å²) in [5, 5.41) is 6.08. The molecule has 0 aromatic carbocycles. The van der Waals surface area contributed by atoms with E-state index in [-0.39, 0.29) is 29.9 Å². The molecular formula is C16H21F3IN5O2. The van der Waals surface area contributed by atoms with Crippen LogP contribution in [0, 0.1) is 13.8 Å². The summed E-state index contributed by atoms with van der Waals surface area (Å²) in [6, 6.07) is 3.11. The van der Waals surface area contributed by atoms with Crippen LogP contribution in [0.2, 0.25) is 0 Å². The standard InChI is InChI=1S/C16H20F3N5O2.HI/c1-10-11(2)26-14(24-10)8-23-15(20-3)22-7-12-4-5-21-13(6-12)25-9-16(17,18)19;/h4-6H,7-9H2,1-3H3,(H2,20,22,23);1H. The first-order valence-corrected chi connectivity index (χ1v) is 7.78. The summed E-state index contributed by atoms with van der Waals surface area (Å²) < 4.78 is 46.7. The second-order valence-corrected chi connectivity index (χ2v) is 5.43. The second-order valence-electron chi connectivity index (χ2n) is 5.43. The van der Waals surface area contributed by atoms with E-state index in [4.69, 9.17) is 4.42 Å². The van der Waals surface area contributed by atoms with Crippen LogP contribution in [0.1, 0.15) is 22.9 Å². The van der Waals surface area contributed by atoms with E-state index >= 15 is 0 Å². The highest BCUT2D eigenvalue weighted by atomic mass is 127. The van der Waals surface area contributed by atoms with Gasteiger partial charge in [-0.05, 0) is 25.5 Å². The van der Waals surface area contributed by atoms with Gasteiger partial charge in [0.1, 0.15) is 5.76 Å². The number of aryl methyl sites for hydroxylation is 2. The Labute approximate surface area is 171 Å². The van der Waals surface area contributed by atoms with Gasteiger partial charge in [0, 0.05) is 25.9 Å². The molecule has 0 unspecified atom stereocenters. The molecule has 2 heterocycles. The zero-order chi connectivity index (χ0) is 19.2. The maximum Gasteiger partial charge on any atom is 0.422 e. The number of aliphatic imine (C=N–C) groups is 1. The molecule has 0 saturated carbocycles. The highest BCUT2D eigenvalue weighted by Gasteiger charge is 2.28.